The molecule has 1 aromatic heterocycles. The molecule has 0 aliphatic carbocycles. The molecule has 1 unspecified atom stereocenters. The van der Waals surface area contributed by atoms with E-state index >= 15 is 0 Å². The zero-order valence-corrected chi connectivity index (χ0v) is 24.3. The summed E-state index contributed by atoms with van der Waals surface area (Å²) >= 11 is 0. The average molecular weight is 576 g/mol. The van der Waals surface area contributed by atoms with E-state index in [2.05, 4.69) is 18.8 Å². The second kappa shape index (κ2) is 13.0. The summed E-state index contributed by atoms with van der Waals surface area (Å²) in [5, 5.41) is 14.0. The van der Waals surface area contributed by atoms with Gasteiger partial charge in [0, 0.05) is 18.5 Å². The maximum absolute atomic E-state index is 14.0. The molecule has 5 rings (SSSR count). The third-order valence-corrected chi connectivity index (χ3v) is 7.29. The minimum atomic E-state index is -0.883. The first kappa shape index (κ1) is 29.0. The van der Waals surface area contributed by atoms with Crippen molar-refractivity contribution < 1.29 is 38.2 Å². The molecule has 10 heteroatoms. The van der Waals surface area contributed by atoms with Crippen LogP contribution in [0, 0.1) is 5.92 Å². The van der Waals surface area contributed by atoms with Crippen molar-refractivity contribution in [3.05, 3.63) is 71.8 Å². The van der Waals surface area contributed by atoms with Gasteiger partial charge < -0.3 is 29.0 Å². The van der Waals surface area contributed by atoms with Crippen LogP contribution in [0.1, 0.15) is 50.8 Å². The van der Waals surface area contributed by atoms with Crippen molar-refractivity contribution in [2.45, 2.75) is 46.2 Å². The van der Waals surface area contributed by atoms with Gasteiger partial charge in [-0.15, -0.1) is 0 Å². The Labute approximate surface area is 245 Å². The number of rotatable bonds is 12. The number of amides is 1. The molecule has 3 heterocycles. The molecular formula is C32H37N3O7. The Morgan fingerprint density at radius 3 is 2.64 bits per heavy atom. The van der Waals surface area contributed by atoms with Crippen LogP contribution in [0.25, 0.3) is 5.76 Å². The molecule has 2 aliphatic rings. The number of aromatic nitrogens is 2. The maximum Gasteiger partial charge on any atom is 0.295 e. The number of imidazole rings is 1. The number of Topliss-reactive ketones (excluding diaryl/α,β-unsaturated/α-hetero) is 1. The monoisotopic (exact) mass is 575 g/mol. The van der Waals surface area contributed by atoms with Crippen LogP contribution in [-0.4, -0.2) is 54.5 Å². The minimum Gasteiger partial charge on any atom is -0.872 e. The van der Waals surface area contributed by atoms with Gasteiger partial charge in [-0.05, 0) is 54.7 Å². The Hall–Kier alpha value is -4.47. The number of H-pyrrole nitrogens is 1. The van der Waals surface area contributed by atoms with Gasteiger partial charge in [0.2, 0.25) is 12.1 Å². The molecule has 1 saturated heterocycles. The van der Waals surface area contributed by atoms with E-state index in [1.165, 1.54) is 4.90 Å². The van der Waals surface area contributed by atoms with E-state index in [0.29, 0.717) is 73.9 Å². The van der Waals surface area contributed by atoms with Crippen molar-refractivity contribution in [2.75, 3.05) is 33.0 Å². The molecule has 222 valence electrons. The van der Waals surface area contributed by atoms with Gasteiger partial charge in [-0.2, -0.15) is 0 Å². The standard InChI is InChI=1S/C32H37N3O7/c1-4-39-26-18-22(6-8-24(26)40-15-10-21(2)3)29-28(30(36)23-7-9-25-27(19-23)42-17-16-41-25)31(37)32(38)35(29)13-5-12-34-14-11-33-20-34/h6-9,11,14,18-21,29H,4-5,10,12-13,15-17H2,1-3H3,(H,36,37). The van der Waals surface area contributed by atoms with Gasteiger partial charge in [0.05, 0.1) is 25.8 Å². The fourth-order valence-electron chi connectivity index (χ4n) is 5.16. The number of aryl methyl sites for hydroxylation is 1. The molecule has 0 radical (unpaired) electrons. The Bertz CT molecular complexity index is 1450. The second-order valence-corrected chi connectivity index (χ2v) is 10.7. The number of carbonyl (C=O) groups excluding carboxylic acids is 2. The predicted octanol–water partition coefficient (Wildman–Crippen LogP) is 3.21. The third kappa shape index (κ3) is 6.22. The van der Waals surface area contributed by atoms with E-state index in [9.17, 15) is 14.7 Å². The van der Waals surface area contributed by atoms with Crippen LogP contribution in [0.15, 0.2) is 60.7 Å². The van der Waals surface area contributed by atoms with Crippen molar-refractivity contribution in [3.8, 4) is 23.0 Å². The van der Waals surface area contributed by atoms with Gasteiger partial charge in [-0.1, -0.05) is 31.7 Å². The lowest BCUT2D eigenvalue weighted by atomic mass is 9.94. The van der Waals surface area contributed by atoms with Crippen molar-refractivity contribution >= 4 is 17.4 Å². The summed E-state index contributed by atoms with van der Waals surface area (Å²) in [6.07, 6.45) is 6.99. The molecule has 0 spiro atoms. The van der Waals surface area contributed by atoms with E-state index in [1.807, 2.05) is 30.2 Å². The summed E-state index contributed by atoms with van der Waals surface area (Å²) in [6.45, 7) is 8.75. The number of hydrogen-bond donors (Lipinski definition) is 1. The van der Waals surface area contributed by atoms with E-state index < -0.39 is 23.5 Å². The smallest absolute Gasteiger partial charge is 0.295 e. The molecule has 1 atom stereocenters. The number of carbonyl (C=O) groups is 2. The van der Waals surface area contributed by atoms with Crippen LogP contribution in [0.5, 0.6) is 23.0 Å². The summed E-state index contributed by atoms with van der Waals surface area (Å²) in [4.78, 5) is 31.4. The van der Waals surface area contributed by atoms with E-state index in [-0.39, 0.29) is 17.7 Å². The van der Waals surface area contributed by atoms with E-state index in [1.54, 1.807) is 36.4 Å². The summed E-state index contributed by atoms with van der Waals surface area (Å²) in [5.74, 6) is 0.505. The molecular weight excluding hydrogens is 538 g/mol. The highest BCUT2D eigenvalue weighted by molar-refractivity contribution is 6.46. The Balaban J connectivity index is 1.53. The summed E-state index contributed by atoms with van der Waals surface area (Å²) in [5.41, 5.74) is 0.759. The van der Waals surface area contributed by atoms with Gasteiger partial charge in [-0.3, -0.25) is 14.6 Å². The number of likely N-dealkylation sites (tertiary alicyclic amines) is 1. The molecule has 3 aromatic rings. The van der Waals surface area contributed by atoms with Gasteiger partial charge >= 0.3 is 0 Å². The molecule has 1 N–H and O–H groups in total. The number of aromatic amines is 1. The molecule has 1 amide bonds. The first-order chi connectivity index (χ1) is 20.4. The molecule has 0 bridgehead atoms. The number of benzene rings is 2. The first-order valence-electron chi connectivity index (χ1n) is 14.4. The lowest BCUT2D eigenvalue weighted by Gasteiger charge is -2.28. The zero-order chi connectivity index (χ0) is 29.6. The fourth-order valence-corrected chi connectivity index (χ4v) is 5.16. The highest BCUT2D eigenvalue weighted by atomic mass is 16.6. The summed E-state index contributed by atoms with van der Waals surface area (Å²) in [6, 6.07) is 9.30. The van der Waals surface area contributed by atoms with Crippen LogP contribution in [0.3, 0.4) is 0 Å². The van der Waals surface area contributed by atoms with Gasteiger partial charge in [0.1, 0.15) is 25.6 Å². The van der Waals surface area contributed by atoms with Gasteiger partial charge in [0.15, 0.2) is 23.0 Å². The average Bonchev–Trinajstić information content (AvgIpc) is 3.59. The molecule has 0 saturated carbocycles. The summed E-state index contributed by atoms with van der Waals surface area (Å²) in [7, 11) is 0. The topological polar surface area (TPSA) is 117 Å². The van der Waals surface area contributed by atoms with Gasteiger partial charge in [-0.25, -0.2) is 4.57 Å². The molecule has 42 heavy (non-hydrogen) atoms. The van der Waals surface area contributed by atoms with Crippen molar-refractivity contribution in [2.24, 2.45) is 5.92 Å². The number of ketones is 1. The highest BCUT2D eigenvalue weighted by Gasteiger charge is 2.44. The lowest BCUT2D eigenvalue weighted by molar-refractivity contribution is -0.695. The Morgan fingerprint density at radius 1 is 1.10 bits per heavy atom. The number of nitrogens with zero attached hydrogens (tertiary/aromatic N) is 2. The Morgan fingerprint density at radius 2 is 1.90 bits per heavy atom. The maximum atomic E-state index is 14.0. The number of nitrogens with one attached hydrogen (secondary N) is 1. The van der Waals surface area contributed by atoms with Gasteiger partial charge in [0.25, 0.3) is 5.91 Å². The molecule has 2 aromatic carbocycles. The predicted molar refractivity (Wildman–Crippen MR) is 152 cm³/mol. The van der Waals surface area contributed by atoms with E-state index in [0.717, 1.165) is 6.42 Å². The zero-order valence-electron chi connectivity index (χ0n) is 24.3. The van der Waals surface area contributed by atoms with E-state index in [4.69, 9.17) is 18.9 Å². The highest BCUT2D eigenvalue weighted by Crippen LogP contribution is 2.42. The second-order valence-electron chi connectivity index (χ2n) is 10.7. The lowest BCUT2D eigenvalue weighted by Crippen LogP contribution is -2.36. The quantitative estimate of drug-likeness (QED) is 0.153. The largest absolute Gasteiger partial charge is 0.872 e. The number of hydrogen-bond acceptors (Lipinski definition) is 7. The summed E-state index contributed by atoms with van der Waals surface area (Å²) < 4.78 is 25.1. The van der Waals surface area contributed by atoms with Crippen LogP contribution < -0.4 is 28.6 Å². The van der Waals surface area contributed by atoms with Crippen molar-refractivity contribution in [3.63, 3.8) is 0 Å². The SMILES string of the molecule is CCOc1cc(C2C(=C([O-])c3ccc4c(c3)OCCO4)C(=O)C(=O)N2CCC[n+]2cc[nH]c2)ccc1OCCC(C)C. The van der Waals surface area contributed by atoms with Crippen LogP contribution in [0.2, 0.25) is 0 Å². The molecule has 2 aliphatic heterocycles. The fraction of sp³-hybridized carbons (Fsp3) is 0.406. The minimum absolute atomic E-state index is 0.0955. The first-order valence-corrected chi connectivity index (χ1v) is 14.4. The van der Waals surface area contributed by atoms with Crippen LogP contribution in [0.4, 0.5) is 0 Å². The number of fused-ring (bicyclic) bond motifs is 1. The Kier molecular flexibility index (Phi) is 9.00. The third-order valence-electron chi connectivity index (χ3n) is 7.29. The van der Waals surface area contributed by atoms with Crippen LogP contribution in [-0.2, 0) is 16.1 Å². The van der Waals surface area contributed by atoms with Crippen LogP contribution >= 0.6 is 0 Å². The molecule has 10 nitrogen and oxygen atoms in total. The van der Waals surface area contributed by atoms with Crippen molar-refractivity contribution in [1.29, 1.82) is 0 Å². The normalized spacial score (nSPS) is 17.6. The van der Waals surface area contributed by atoms with Crippen molar-refractivity contribution in [1.82, 2.24) is 9.88 Å². The number of ether oxygens (including phenoxy) is 4. The molecule has 1 fully saturated rings.